The van der Waals surface area contributed by atoms with Crippen LogP contribution in [0.1, 0.15) is 33.4 Å². The minimum Gasteiger partial charge on any atom is -0.507 e. The Morgan fingerprint density at radius 2 is 1.85 bits per heavy atom. The van der Waals surface area contributed by atoms with Gasteiger partial charge >= 0.3 is 0 Å². The lowest BCUT2D eigenvalue weighted by molar-refractivity contribution is 0.101. The van der Waals surface area contributed by atoms with Crippen LogP contribution >= 0.6 is 0 Å². The maximum Gasteiger partial charge on any atom is 0.189 e. The molecule has 1 aromatic carbocycles. The van der Waals surface area contributed by atoms with Crippen LogP contribution in [-0.2, 0) is 0 Å². The van der Waals surface area contributed by atoms with Crippen molar-refractivity contribution >= 4 is 17.6 Å². The topological polar surface area (TPSA) is 87.7 Å². The van der Waals surface area contributed by atoms with Crippen molar-refractivity contribution in [1.82, 2.24) is 0 Å². The molecule has 0 aliphatic heterocycles. The Morgan fingerprint density at radius 1 is 1.15 bits per heavy atom. The molecule has 0 spiro atoms. The van der Waals surface area contributed by atoms with Gasteiger partial charge < -0.3 is 14.6 Å². The Labute approximate surface area is 114 Å². The number of ketones is 2. The Morgan fingerprint density at radius 3 is 2.45 bits per heavy atom. The van der Waals surface area contributed by atoms with Gasteiger partial charge in [0.05, 0.1) is 17.4 Å². The summed E-state index contributed by atoms with van der Waals surface area (Å²) >= 11 is 0. The van der Waals surface area contributed by atoms with Crippen LogP contribution in [0, 0.1) is 0 Å². The van der Waals surface area contributed by atoms with E-state index in [1.54, 1.807) is 12.1 Å². The van der Waals surface area contributed by atoms with Crippen LogP contribution in [0.5, 0.6) is 11.5 Å². The summed E-state index contributed by atoms with van der Waals surface area (Å²) in [6, 6.07) is 5.49. The van der Waals surface area contributed by atoms with E-state index >= 15 is 0 Å². The predicted octanol–water partition coefficient (Wildman–Crippen LogP) is 2.79. The number of phenols is 2. The van der Waals surface area contributed by atoms with Gasteiger partial charge in [0.25, 0.3) is 0 Å². The molecule has 20 heavy (non-hydrogen) atoms. The minimum atomic E-state index is -0.499. The normalized spacial score (nSPS) is 10.8. The van der Waals surface area contributed by atoms with Gasteiger partial charge in [0, 0.05) is 6.07 Å². The summed E-state index contributed by atoms with van der Waals surface area (Å²) < 4.78 is 5.04. The second-order valence-electron chi connectivity index (χ2n) is 4.16. The number of phenolic OH excluding ortho intramolecular Hbond substituents is 2. The highest BCUT2D eigenvalue weighted by molar-refractivity contribution is 6.10. The van der Waals surface area contributed by atoms with Gasteiger partial charge in [-0.2, -0.15) is 0 Å². The summed E-state index contributed by atoms with van der Waals surface area (Å²) in [5, 5.41) is 19.2. The van der Waals surface area contributed by atoms with Crippen molar-refractivity contribution in [3.63, 3.8) is 0 Å². The van der Waals surface area contributed by atoms with E-state index in [0.29, 0.717) is 5.76 Å². The van der Waals surface area contributed by atoms with Crippen LogP contribution in [0.3, 0.4) is 0 Å². The van der Waals surface area contributed by atoms with Crippen LogP contribution in [0.25, 0.3) is 6.08 Å². The molecule has 2 aromatic rings. The molecule has 0 radical (unpaired) electrons. The third-order valence-corrected chi connectivity index (χ3v) is 2.70. The molecule has 0 fully saturated rings. The number of rotatable bonds is 4. The molecule has 0 aliphatic rings. The fraction of sp³-hybridized carbons (Fsp3) is 0.0667. The zero-order valence-electron chi connectivity index (χ0n) is 10.7. The Hall–Kier alpha value is -2.82. The summed E-state index contributed by atoms with van der Waals surface area (Å²) in [4.78, 5) is 23.3. The lowest BCUT2D eigenvalue weighted by Crippen LogP contribution is -2.00. The maximum absolute atomic E-state index is 12.0. The fourth-order valence-electron chi connectivity index (χ4n) is 1.69. The second-order valence-corrected chi connectivity index (χ2v) is 4.16. The molecule has 1 heterocycles. The molecule has 2 rings (SSSR count). The van der Waals surface area contributed by atoms with Crippen LogP contribution in [-0.4, -0.2) is 21.8 Å². The molecule has 0 saturated carbocycles. The first-order valence-corrected chi connectivity index (χ1v) is 5.82. The average molecular weight is 272 g/mol. The van der Waals surface area contributed by atoms with E-state index in [1.807, 2.05) is 0 Å². The fourth-order valence-corrected chi connectivity index (χ4v) is 1.69. The van der Waals surface area contributed by atoms with Gasteiger partial charge in [0.15, 0.2) is 11.6 Å². The SMILES string of the molecule is CC(=O)c1cc(C(=O)C=Cc2ccco2)c(O)cc1O. The molecule has 0 atom stereocenters. The van der Waals surface area contributed by atoms with E-state index in [4.69, 9.17) is 4.42 Å². The van der Waals surface area contributed by atoms with Crippen molar-refractivity contribution in [3.05, 3.63) is 53.5 Å². The van der Waals surface area contributed by atoms with E-state index in [1.165, 1.54) is 31.4 Å². The van der Waals surface area contributed by atoms with Crippen molar-refractivity contribution in [1.29, 1.82) is 0 Å². The molecule has 0 amide bonds. The molecule has 2 N–H and O–H groups in total. The molecule has 0 bridgehead atoms. The Balaban J connectivity index is 2.34. The Bertz CT molecular complexity index is 681. The van der Waals surface area contributed by atoms with E-state index in [2.05, 4.69) is 0 Å². The zero-order valence-corrected chi connectivity index (χ0v) is 10.7. The van der Waals surface area contributed by atoms with Crippen LogP contribution < -0.4 is 0 Å². The molecule has 0 unspecified atom stereocenters. The number of benzene rings is 1. The highest BCUT2D eigenvalue weighted by Crippen LogP contribution is 2.28. The number of allylic oxidation sites excluding steroid dienone is 1. The molecular weight excluding hydrogens is 260 g/mol. The van der Waals surface area contributed by atoms with Gasteiger partial charge in [-0.3, -0.25) is 9.59 Å². The zero-order chi connectivity index (χ0) is 14.7. The quantitative estimate of drug-likeness (QED) is 0.660. The first kappa shape index (κ1) is 13.6. The van der Waals surface area contributed by atoms with Crippen LogP contribution in [0.4, 0.5) is 0 Å². The molecule has 5 heteroatoms. The maximum atomic E-state index is 12.0. The van der Waals surface area contributed by atoms with Gasteiger partial charge in [-0.1, -0.05) is 0 Å². The molecule has 0 aliphatic carbocycles. The summed E-state index contributed by atoms with van der Waals surface area (Å²) in [6.07, 6.45) is 4.13. The van der Waals surface area contributed by atoms with E-state index < -0.39 is 11.6 Å². The van der Waals surface area contributed by atoms with Gasteiger partial charge in [-0.25, -0.2) is 0 Å². The monoisotopic (exact) mass is 272 g/mol. The number of Topliss-reactive ketones (excluding diaryl/α,β-unsaturated/α-hetero) is 1. The minimum absolute atomic E-state index is 0.0162. The number of aromatic hydroxyl groups is 2. The molecule has 102 valence electrons. The standard InChI is InChI=1S/C15H12O5/c1-9(16)11-7-12(15(19)8-14(11)18)13(17)5-4-10-3-2-6-20-10/h2-8,18-19H,1H3. The first-order chi connectivity index (χ1) is 9.49. The largest absolute Gasteiger partial charge is 0.507 e. The molecular formula is C15H12O5. The summed E-state index contributed by atoms with van der Waals surface area (Å²) in [7, 11) is 0. The number of carbonyl (C=O) groups excluding carboxylic acids is 2. The number of hydrogen-bond donors (Lipinski definition) is 2. The summed E-state index contributed by atoms with van der Waals surface area (Å²) in [6.45, 7) is 1.26. The van der Waals surface area contributed by atoms with Gasteiger partial charge in [0.2, 0.25) is 0 Å². The molecule has 5 nitrogen and oxygen atoms in total. The smallest absolute Gasteiger partial charge is 0.189 e. The number of hydrogen-bond acceptors (Lipinski definition) is 5. The van der Waals surface area contributed by atoms with Crippen molar-refractivity contribution < 1.29 is 24.2 Å². The summed E-state index contributed by atoms with van der Waals surface area (Å²) in [5.74, 6) is -1.15. The van der Waals surface area contributed by atoms with Crippen molar-refractivity contribution in [3.8, 4) is 11.5 Å². The van der Waals surface area contributed by atoms with Crippen LogP contribution in [0.2, 0.25) is 0 Å². The first-order valence-electron chi connectivity index (χ1n) is 5.82. The van der Waals surface area contributed by atoms with E-state index in [0.717, 1.165) is 6.07 Å². The highest BCUT2D eigenvalue weighted by Gasteiger charge is 2.15. The Kier molecular flexibility index (Phi) is 3.70. The molecule has 0 saturated heterocycles. The van der Waals surface area contributed by atoms with Crippen LogP contribution in [0.15, 0.2) is 41.0 Å². The number of furan rings is 1. The van der Waals surface area contributed by atoms with Crippen molar-refractivity contribution in [2.45, 2.75) is 6.92 Å². The van der Waals surface area contributed by atoms with Crippen molar-refractivity contribution in [2.24, 2.45) is 0 Å². The van der Waals surface area contributed by atoms with E-state index in [-0.39, 0.29) is 22.6 Å². The third kappa shape index (κ3) is 2.77. The van der Waals surface area contributed by atoms with Gasteiger partial charge in [-0.05, 0) is 37.3 Å². The lowest BCUT2D eigenvalue weighted by atomic mass is 10.0. The van der Waals surface area contributed by atoms with E-state index in [9.17, 15) is 19.8 Å². The van der Waals surface area contributed by atoms with Crippen molar-refractivity contribution in [2.75, 3.05) is 0 Å². The highest BCUT2D eigenvalue weighted by atomic mass is 16.3. The third-order valence-electron chi connectivity index (χ3n) is 2.70. The second kappa shape index (κ2) is 5.44. The average Bonchev–Trinajstić information content (AvgIpc) is 2.88. The van der Waals surface area contributed by atoms with Gasteiger partial charge in [-0.15, -0.1) is 0 Å². The molecule has 1 aromatic heterocycles. The summed E-state index contributed by atoms with van der Waals surface area (Å²) in [5.41, 5.74) is -0.0756. The predicted molar refractivity (Wildman–Crippen MR) is 71.8 cm³/mol. The number of carbonyl (C=O) groups is 2. The van der Waals surface area contributed by atoms with Gasteiger partial charge in [0.1, 0.15) is 17.3 Å². The lowest BCUT2D eigenvalue weighted by Gasteiger charge is -2.05.